The number of rotatable bonds is 3. The molecule has 1 aromatic carbocycles. The molecule has 25 heavy (non-hydrogen) atoms. The Hall–Kier alpha value is -2.50. The molecule has 0 radical (unpaired) electrons. The molecule has 2 aliphatic rings. The number of hydrogen-bond acceptors (Lipinski definition) is 4. The summed E-state index contributed by atoms with van der Waals surface area (Å²) in [5.74, 6) is 2.68. The zero-order valence-corrected chi connectivity index (χ0v) is 14.6. The van der Waals surface area contributed by atoms with E-state index in [1.54, 1.807) is 0 Å². The highest BCUT2D eigenvalue weighted by Gasteiger charge is 2.30. The molecular weight excluding hydrogens is 318 g/mol. The highest BCUT2D eigenvalue weighted by atomic mass is 16.7. The zero-order chi connectivity index (χ0) is 17.4. The molecule has 6 heteroatoms. The quantitative estimate of drug-likeness (QED) is 0.860. The molecule has 4 rings (SSSR count). The molecule has 0 N–H and O–H groups in total. The van der Waals surface area contributed by atoms with Gasteiger partial charge >= 0.3 is 0 Å². The van der Waals surface area contributed by atoms with E-state index < -0.39 is 0 Å². The topological polar surface area (TPSA) is 56.6 Å². The summed E-state index contributed by atoms with van der Waals surface area (Å²) in [6.07, 6.45) is 5.93. The molecule has 132 valence electrons. The first-order valence-corrected chi connectivity index (χ1v) is 8.85. The van der Waals surface area contributed by atoms with Crippen molar-refractivity contribution >= 4 is 5.91 Å². The Morgan fingerprint density at radius 1 is 1.32 bits per heavy atom. The molecule has 1 saturated heterocycles. The minimum atomic E-state index is 0.0123. The Morgan fingerprint density at radius 2 is 2.20 bits per heavy atom. The van der Waals surface area contributed by atoms with Crippen LogP contribution in [0.1, 0.15) is 54.8 Å². The van der Waals surface area contributed by atoms with Crippen LogP contribution in [-0.2, 0) is 0 Å². The van der Waals surface area contributed by atoms with Crippen LogP contribution < -0.4 is 9.47 Å². The van der Waals surface area contributed by atoms with E-state index in [9.17, 15) is 4.79 Å². The number of amides is 1. The van der Waals surface area contributed by atoms with Crippen molar-refractivity contribution in [3.8, 4) is 11.5 Å². The summed E-state index contributed by atoms with van der Waals surface area (Å²) >= 11 is 0. The molecule has 6 nitrogen and oxygen atoms in total. The normalized spacial score (nSPS) is 19.5. The number of imidazole rings is 1. The maximum Gasteiger partial charge on any atom is 0.257 e. The fourth-order valence-electron chi connectivity index (χ4n) is 3.72. The molecule has 3 heterocycles. The van der Waals surface area contributed by atoms with Gasteiger partial charge in [-0.25, -0.2) is 4.98 Å². The van der Waals surface area contributed by atoms with E-state index in [2.05, 4.69) is 23.4 Å². The summed E-state index contributed by atoms with van der Waals surface area (Å²) in [4.78, 5) is 19.5. The number of benzene rings is 1. The number of nitrogens with zero attached hydrogens (tertiary/aromatic N) is 3. The number of carbonyl (C=O) groups excluding carboxylic acids is 1. The maximum atomic E-state index is 13.1. The van der Waals surface area contributed by atoms with Gasteiger partial charge in [-0.2, -0.15) is 0 Å². The van der Waals surface area contributed by atoms with E-state index >= 15 is 0 Å². The summed E-state index contributed by atoms with van der Waals surface area (Å²) < 4.78 is 13.1. The van der Waals surface area contributed by atoms with Crippen molar-refractivity contribution in [3.05, 3.63) is 42.0 Å². The van der Waals surface area contributed by atoms with Crippen molar-refractivity contribution in [2.45, 2.75) is 38.6 Å². The maximum absolute atomic E-state index is 13.1. The number of para-hydroxylation sites is 1. The number of aromatic nitrogens is 2. The lowest BCUT2D eigenvalue weighted by molar-refractivity contribution is 0.0673. The van der Waals surface area contributed by atoms with Gasteiger partial charge in [-0.15, -0.1) is 0 Å². The molecule has 1 unspecified atom stereocenters. The van der Waals surface area contributed by atoms with Crippen molar-refractivity contribution < 1.29 is 14.3 Å². The van der Waals surface area contributed by atoms with E-state index in [1.165, 1.54) is 0 Å². The van der Waals surface area contributed by atoms with E-state index in [1.807, 2.05) is 35.5 Å². The van der Waals surface area contributed by atoms with Crippen LogP contribution in [0.5, 0.6) is 11.5 Å². The number of ether oxygens (including phenoxy) is 2. The standard InChI is InChI=1S/C19H23N3O3/c1-13(2)18-20-8-10-22(18)14-5-4-9-21(11-14)19(23)15-6-3-7-16-17(15)25-12-24-16/h3,6-8,10,13-14H,4-5,9,11-12H2,1-2H3. The van der Waals surface area contributed by atoms with Crippen LogP contribution in [0, 0.1) is 0 Å². The molecule has 2 aromatic rings. The average molecular weight is 341 g/mol. The van der Waals surface area contributed by atoms with Crippen molar-refractivity contribution in [3.63, 3.8) is 0 Å². The van der Waals surface area contributed by atoms with Gasteiger partial charge in [0, 0.05) is 31.4 Å². The Morgan fingerprint density at radius 3 is 3.04 bits per heavy atom. The Bertz CT molecular complexity index is 784. The van der Waals surface area contributed by atoms with Gasteiger partial charge in [-0.05, 0) is 25.0 Å². The van der Waals surface area contributed by atoms with E-state index in [0.29, 0.717) is 29.5 Å². The lowest BCUT2D eigenvalue weighted by atomic mass is 10.0. The highest BCUT2D eigenvalue weighted by Crippen LogP contribution is 2.36. The molecule has 0 aliphatic carbocycles. The van der Waals surface area contributed by atoms with Gasteiger partial charge < -0.3 is 18.9 Å². The van der Waals surface area contributed by atoms with Crippen molar-refractivity contribution in [1.82, 2.24) is 14.5 Å². The number of carbonyl (C=O) groups is 1. The predicted molar refractivity (Wildman–Crippen MR) is 93.1 cm³/mol. The van der Waals surface area contributed by atoms with Crippen LogP contribution in [0.15, 0.2) is 30.6 Å². The lowest BCUT2D eigenvalue weighted by Crippen LogP contribution is -2.41. The van der Waals surface area contributed by atoms with Crippen LogP contribution >= 0.6 is 0 Å². The van der Waals surface area contributed by atoms with Crippen LogP contribution in [0.3, 0.4) is 0 Å². The molecule has 0 bridgehead atoms. The molecule has 1 fully saturated rings. The number of piperidine rings is 1. The minimum Gasteiger partial charge on any atom is -0.454 e. The van der Waals surface area contributed by atoms with E-state index in [4.69, 9.17) is 9.47 Å². The van der Waals surface area contributed by atoms with Crippen molar-refractivity contribution in [1.29, 1.82) is 0 Å². The largest absolute Gasteiger partial charge is 0.454 e. The molecule has 1 aromatic heterocycles. The summed E-state index contributed by atoms with van der Waals surface area (Å²) in [6.45, 7) is 5.93. The Balaban J connectivity index is 1.56. The molecular formula is C19H23N3O3. The third-order valence-electron chi connectivity index (χ3n) is 4.92. The summed E-state index contributed by atoms with van der Waals surface area (Å²) in [6, 6.07) is 5.76. The van der Waals surface area contributed by atoms with E-state index in [0.717, 1.165) is 25.2 Å². The smallest absolute Gasteiger partial charge is 0.257 e. The SMILES string of the molecule is CC(C)c1nccn1C1CCCN(C(=O)c2cccc3c2OCO3)C1. The average Bonchev–Trinajstić information content (AvgIpc) is 3.30. The predicted octanol–water partition coefficient (Wildman–Crippen LogP) is 3.21. The molecule has 0 spiro atoms. The lowest BCUT2D eigenvalue weighted by Gasteiger charge is -2.34. The van der Waals surface area contributed by atoms with E-state index in [-0.39, 0.29) is 18.7 Å². The van der Waals surface area contributed by atoms with Gasteiger partial charge in [0.05, 0.1) is 11.6 Å². The highest BCUT2D eigenvalue weighted by molar-refractivity contribution is 5.98. The second-order valence-corrected chi connectivity index (χ2v) is 6.93. The molecule has 2 aliphatic heterocycles. The van der Waals surface area contributed by atoms with Gasteiger partial charge in [0.2, 0.25) is 6.79 Å². The fourth-order valence-corrected chi connectivity index (χ4v) is 3.72. The van der Waals surface area contributed by atoms with Crippen LogP contribution in [0.25, 0.3) is 0 Å². The van der Waals surface area contributed by atoms with Crippen LogP contribution in [-0.4, -0.2) is 40.2 Å². The molecule has 1 amide bonds. The zero-order valence-electron chi connectivity index (χ0n) is 14.6. The first-order chi connectivity index (χ1) is 12.1. The monoisotopic (exact) mass is 341 g/mol. The number of fused-ring (bicyclic) bond motifs is 1. The third kappa shape index (κ3) is 2.86. The van der Waals surface area contributed by atoms with Crippen LogP contribution in [0.4, 0.5) is 0 Å². The fraction of sp³-hybridized carbons (Fsp3) is 0.474. The summed E-state index contributed by atoms with van der Waals surface area (Å²) in [5, 5.41) is 0. The molecule has 0 saturated carbocycles. The summed E-state index contributed by atoms with van der Waals surface area (Å²) in [5.41, 5.74) is 0.588. The first-order valence-electron chi connectivity index (χ1n) is 8.85. The first kappa shape index (κ1) is 16.0. The summed E-state index contributed by atoms with van der Waals surface area (Å²) in [7, 11) is 0. The number of hydrogen-bond donors (Lipinski definition) is 0. The minimum absolute atomic E-state index is 0.0123. The third-order valence-corrected chi connectivity index (χ3v) is 4.92. The number of likely N-dealkylation sites (tertiary alicyclic amines) is 1. The van der Waals surface area contributed by atoms with Gasteiger partial charge in [0.15, 0.2) is 11.5 Å². The Labute approximate surface area is 147 Å². The van der Waals surface area contributed by atoms with Crippen LogP contribution in [0.2, 0.25) is 0 Å². The molecule has 1 atom stereocenters. The van der Waals surface area contributed by atoms with Gasteiger partial charge in [0.1, 0.15) is 5.82 Å². The van der Waals surface area contributed by atoms with Gasteiger partial charge in [-0.3, -0.25) is 4.79 Å². The van der Waals surface area contributed by atoms with Crippen molar-refractivity contribution in [2.75, 3.05) is 19.9 Å². The van der Waals surface area contributed by atoms with Crippen molar-refractivity contribution in [2.24, 2.45) is 0 Å². The second-order valence-electron chi connectivity index (χ2n) is 6.93. The van der Waals surface area contributed by atoms with Gasteiger partial charge in [0.25, 0.3) is 5.91 Å². The second kappa shape index (κ2) is 6.43. The Kier molecular flexibility index (Phi) is 4.11. The van der Waals surface area contributed by atoms with Gasteiger partial charge in [-0.1, -0.05) is 19.9 Å².